The molecular formula is C9H18O5. The summed E-state index contributed by atoms with van der Waals surface area (Å²) in [5.41, 5.74) is -5.39. The number of hydrogen-bond acceptors (Lipinski definition) is 5. The standard InChI is InChI=1S/C9H18O5/c1-5-7(2,11)9(4,13)8(3,12)6(10)14-5/h5-6,10-13H,1-4H3/t5?,6?,7-,8?,9-/m1/s1. The van der Waals surface area contributed by atoms with Crippen LogP contribution in [0.15, 0.2) is 0 Å². The third-order valence-corrected chi connectivity index (χ3v) is 3.58. The first kappa shape index (κ1) is 11.9. The molecule has 0 aromatic rings. The molecule has 0 aromatic heterocycles. The highest BCUT2D eigenvalue weighted by atomic mass is 16.6. The van der Waals surface area contributed by atoms with Crippen LogP contribution in [0.25, 0.3) is 0 Å². The van der Waals surface area contributed by atoms with Crippen molar-refractivity contribution >= 4 is 0 Å². The minimum absolute atomic E-state index is 0.771. The lowest BCUT2D eigenvalue weighted by Crippen LogP contribution is -2.76. The number of aliphatic hydroxyl groups is 4. The van der Waals surface area contributed by atoms with Crippen molar-refractivity contribution in [2.24, 2.45) is 0 Å². The van der Waals surface area contributed by atoms with Crippen LogP contribution in [-0.2, 0) is 4.74 Å². The fourth-order valence-corrected chi connectivity index (χ4v) is 1.61. The molecule has 84 valence electrons. The summed E-state index contributed by atoms with van der Waals surface area (Å²) in [6.45, 7) is 5.37. The van der Waals surface area contributed by atoms with Gasteiger partial charge in [0.25, 0.3) is 0 Å². The summed E-state index contributed by atoms with van der Waals surface area (Å²) in [6.07, 6.45) is -2.29. The average Bonchev–Trinajstić information content (AvgIpc) is 2.01. The third kappa shape index (κ3) is 1.20. The molecule has 0 radical (unpaired) electrons. The summed E-state index contributed by atoms with van der Waals surface area (Å²) >= 11 is 0. The van der Waals surface area contributed by atoms with Gasteiger partial charge in [-0.05, 0) is 27.7 Å². The Hall–Kier alpha value is -0.200. The highest BCUT2D eigenvalue weighted by Gasteiger charge is 2.64. The molecule has 5 atom stereocenters. The third-order valence-electron chi connectivity index (χ3n) is 3.58. The van der Waals surface area contributed by atoms with Gasteiger partial charge < -0.3 is 25.2 Å². The summed E-state index contributed by atoms with van der Waals surface area (Å²) in [5, 5.41) is 39.3. The Bertz CT molecular complexity index is 211. The molecule has 3 unspecified atom stereocenters. The lowest BCUT2D eigenvalue weighted by Gasteiger charge is -2.55. The smallest absolute Gasteiger partial charge is 0.186 e. The van der Waals surface area contributed by atoms with Gasteiger partial charge in [0.05, 0.1) is 6.10 Å². The average molecular weight is 206 g/mol. The van der Waals surface area contributed by atoms with Crippen molar-refractivity contribution in [1.82, 2.24) is 0 Å². The largest absolute Gasteiger partial charge is 0.384 e. The van der Waals surface area contributed by atoms with Crippen molar-refractivity contribution in [2.45, 2.75) is 56.9 Å². The van der Waals surface area contributed by atoms with E-state index in [0.717, 1.165) is 0 Å². The van der Waals surface area contributed by atoms with Crippen molar-refractivity contribution in [2.75, 3.05) is 0 Å². The molecule has 0 aromatic carbocycles. The van der Waals surface area contributed by atoms with E-state index in [4.69, 9.17) is 4.74 Å². The van der Waals surface area contributed by atoms with Gasteiger partial charge in [-0.25, -0.2) is 0 Å². The molecule has 1 aliphatic rings. The minimum Gasteiger partial charge on any atom is -0.384 e. The molecule has 1 saturated heterocycles. The number of rotatable bonds is 0. The van der Waals surface area contributed by atoms with Gasteiger partial charge in [-0.15, -0.1) is 0 Å². The normalized spacial score (nSPS) is 60.0. The zero-order valence-corrected chi connectivity index (χ0v) is 8.85. The predicted molar refractivity (Wildman–Crippen MR) is 48.4 cm³/mol. The van der Waals surface area contributed by atoms with Crippen molar-refractivity contribution in [3.63, 3.8) is 0 Å². The molecular weight excluding hydrogens is 188 g/mol. The molecule has 0 amide bonds. The van der Waals surface area contributed by atoms with E-state index in [1.807, 2.05) is 0 Å². The summed E-state index contributed by atoms with van der Waals surface area (Å²) in [5.74, 6) is 0. The Labute approximate surface area is 82.9 Å². The van der Waals surface area contributed by atoms with Gasteiger partial charge in [0.1, 0.15) is 16.8 Å². The maximum absolute atomic E-state index is 10.0. The van der Waals surface area contributed by atoms with Gasteiger partial charge in [0.15, 0.2) is 6.29 Å². The Morgan fingerprint density at radius 2 is 1.43 bits per heavy atom. The summed E-state index contributed by atoms with van der Waals surface area (Å²) in [6, 6.07) is 0. The molecule has 1 fully saturated rings. The maximum Gasteiger partial charge on any atom is 0.186 e. The van der Waals surface area contributed by atoms with Crippen molar-refractivity contribution < 1.29 is 25.2 Å². The quantitative estimate of drug-likeness (QED) is 0.407. The van der Waals surface area contributed by atoms with Crippen LogP contribution in [0.1, 0.15) is 27.7 Å². The molecule has 0 spiro atoms. The summed E-state index contributed by atoms with van der Waals surface area (Å²) < 4.78 is 4.95. The van der Waals surface area contributed by atoms with Gasteiger partial charge >= 0.3 is 0 Å². The first-order valence-corrected chi connectivity index (χ1v) is 4.56. The highest BCUT2D eigenvalue weighted by Crippen LogP contribution is 2.42. The van der Waals surface area contributed by atoms with Crippen LogP contribution in [0.5, 0.6) is 0 Å². The predicted octanol–water partition coefficient (Wildman–Crippen LogP) is -1.02. The zero-order chi connectivity index (χ0) is 11.4. The molecule has 0 bridgehead atoms. The molecule has 0 saturated carbocycles. The van der Waals surface area contributed by atoms with Gasteiger partial charge in [-0.2, -0.15) is 0 Å². The van der Waals surface area contributed by atoms with Crippen LogP contribution in [0, 0.1) is 0 Å². The number of ether oxygens (including phenoxy) is 1. The van der Waals surface area contributed by atoms with Gasteiger partial charge in [0.2, 0.25) is 0 Å². The number of hydrogen-bond donors (Lipinski definition) is 4. The highest BCUT2D eigenvalue weighted by molar-refractivity contribution is 5.12. The van der Waals surface area contributed by atoms with E-state index in [1.54, 1.807) is 0 Å². The van der Waals surface area contributed by atoms with Crippen LogP contribution in [-0.4, -0.2) is 49.6 Å². The summed E-state index contributed by atoms with van der Waals surface area (Å²) in [4.78, 5) is 0. The Balaban J connectivity index is 3.17. The van der Waals surface area contributed by atoms with E-state index in [2.05, 4.69) is 0 Å². The van der Waals surface area contributed by atoms with E-state index in [0.29, 0.717) is 0 Å². The van der Waals surface area contributed by atoms with Crippen LogP contribution in [0.3, 0.4) is 0 Å². The van der Waals surface area contributed by atoms with E-state index in [9.17, 15) is 20.4 Å². The topological polar surface area (TPSA) is 90.2 Å². The summed E-state index contributed by atoms with van der Waals surface area (Å²) in [7, 11) is 0. The molecule has 4 N–H and O–H groups in total. The zero-order valence-electron chi connectivity index (χ0n) is 8.85. The monoisotopic (exact) mass is 206 g/mol. The second-order valence-corrected chi connectivity index (χ2v) is 4.50. The van der Waals surface area contributed by atoms with E-state index >= 15 is 0 Å². The van der Waals surface area contributed by atoms with E-state index in [1.165, 1.54) is 27.7 Å². The fraction of sp³-hybridized carbons (Fsp3) is 1.00. The van der Waals surface area contributed by atoms with Gasteiger partial charge in [-0.3, -0.25) is 0 Å². The molecule has 1 aliphatic heterocycles. The SMILES string of the molecule is CC1OC(O)C(C)(O)[C@](C)(O)[C@]1(C)O. The van der Waals surface area contributed by atoms with Crippen LogP contribution in [0.4, 0.5) is 0 Å². The molecule has 5 heteroatoms. The Morgan fingerprint density at radius 3 is 1.86 bits per heavy atom. The molecule has 1 rings (SSSR count). The van der Waals surface area contributed by atoms with E-state index < -0.39 is 29.2 Å². The van der Waals surface area contributed by atoms with E-state index in [-0.39, 0.29) is 0 Å². The Morgan fingerprint density at radius 1 is 1.00 bits per heavy atom. The van der Waals surface area contributed by atoms with Gasteiger partial charge in [0, 0.05) is 0 Å². The Kier molecular flexibility index (Phi) is 2.46. The van der Waals surface area contributed by atoms with Crippen LogP contribution < -0.4 is 0 Å². The minimum atomic E-state index is -1.91. The molecule has 14 heavy (non-hydrogen) atoms. The second-order valence-electron chi connectivity index (χ2n) is 4.50. The van der Waals surface area contributed by atoms with Crippen molar-refractivity contribution in [1.29, 1.82) is 0 Å². The molecule has 5 nitrogen and oxygen atoms in total. The fourth-order valence-electron chi connectivity index (χ4n) is 1.61. The van der Waals surface area contributed by atoms with Crippen LogP contribution in [0.2, 0.25) is 0 Å². The lowest BCUT2D eigenvalue weighted by atomic mass is 9.69. The maximum atomic E-state index is 10.0. The van der Waals surface area contributed by atoms with Crippen LogP contribution >= 0.6 is 0 Å². The molecule has 1 heterocycles. The first-order chi connectivity index (χ1) is 6.05. The lowest BCUT2D eigenvalue weighted by molar-refractivity contribution is -0.376. The molecule has 0 aliphatic carbocycles. The van der Waals surface area contributed by atoms with Crippen molar-refractivity contribution in [3.05, 3.63) is 0 Å². The second kappa shape index (κ2) is 2.90. The first-order valence-electron chi connectivity index (χ1n) is 4.56. The van der Waals surface area contributed by atoms with Crippen molar-refractivity contribution in [3.8, 4) is 0 Å². The van der Waals surface area contributed by atoms with Gasteiger partial charge in [-0.1, -0.05) is 0 Å². The number of aliphatic hydroxyl groups excluding tert-OH is 1.